The molecule has 1 aromatic heterocycles. The molecule has 0 saturated carbocycles. The summed E-state index contributed by atoms with van der Waals surface area (Å²) >= 11 is 0. The van der Waals surface area contributed by atoms with Gasteiger partial charge in [-0.1, -0.05) is 13.8 Å². The lowest BCUT2D eigenvalue weighted by Crippen LogP contribution is -2.47. The molecule has 1 unspecified atom stereocenters. The van der Waals surface area contributed by atoms with Gasteiger partial charge in [0.05, 0.1) is 6.61 Å². The van der Waals surface area contributed by atoms with E-state index in [0.717, 1.165) is 0 Å². The van der Waals surface area contributed by atoms with Gasteiger partial charge in [0.15, 0.2) is 5.82 Å². The van der Waals surface area contributed by atoms with Gasteiger partial charge in [0.1, 0.15) is 11.8 Å². The summed E-state index contributed by atoms with van der Waals surface area (Å²) in [7, 11) is 1.77. The molecular formula is C18H24N4O3. The molecule has 0 radical (unpaired) electrons. The van der Waals surface area contributed by atoms with E-state index in [1.54, 1.807) is 48.3 Å². The van der Waals surface area contributed by atoms with Crippen LogP contribution < -0.4 is 15.4 Å². The van der Waals surface area contributed by atoms with E-state index in [0.29, 0.717) is 23.7 Å². The summed E-state index contributed by atoms with van der Waals surface area (Å²) in [4.78, 5) is 24.9. The number of carbonyl (C=O) groups excluding carboxylic acids is 2. The maximum atomic E-state index is 12.5. The second kappa shape index (κ2) is 8.32. The molecule has 0 saturated heterocycles. The number of benzene rings is 1. The number of hydrogen-bond acceptors (Lipinski definition) is 4. The van der Waals surface area contributed by atoms with E-state index < -0.39 is 6.04 Å². The number of carbonyl (C=O) groups is 2. The molecule has 0 bridgehead atoms. The predicted octanol–water partition coefficient (Wildman–Crippen LogP) is 2.21. The summed E-state index contributed by atoms with van der Waals surface area (Å²) in [6, 6.07) is 7.85. The van der Waals surface area contributed by atoms with Crippen molar-refractivity contribution in [3.63, 3.8) is 0 Å². The van der Waals surface area contributed by atoms with Crippen molar-refractivity contribution in [2.24, 2.45) is 13.0 Å². The van der Waals surface area contributed by atoms with Crippen LogP contribution in [0, 0.1) is 5.92 Å². The van der Waals surface area contributed by atoms with Gasteiger partial charge in [0.25, 0.3) is 5.91 Å². The molecule has 134 valence electrons. The fourth-order valence-corrected chi connectivity index (χ4v) is 2.31. The molecule has 0 aliphatic rings. The van der Waals surface area contributed by atoms with Crippen LogP contribution >= 0.6 is 0 Å². The molecule has 7 heteroatoms. The number of amides is 2. The van der Waals surface area contributed by atoms with Gasteiger partial charge < -0.3 is 15.4 Å². The van der Waals surface area contributed by atoms with E-state index in [9.17, 15) is 9.59 Å². The quantitative estimate of drug-likeness (QED) is 0.806. The van der Waals surface area contributed by atoms with Gasteiger partial charge >= 0.3 is 0 Å². The van der Waals surface area contributed by atoms with Crippen LogP contribution in [0.4, 0.5) is 5.82 Å². The maximum Gasteiger partial charge on any atom is 0.251 e. The van der Waals surface area contributed by atoms with Gasteiger partial charge in [0.2, 0.25) is 5.91 Å². The molecule has 7 nitrogen and oxygen atoms in total. The largest absolute Gasteiger partial charge is 0.494 e. The van der Waals surface area contributed by atoms with Crippen LogP contribution in [-0.2, 0) is 11.8 Å². The summed E-state index contributed by atoms with van der Waals surface area (Å²) in [5.74, 6) is 0.474. The first-order chi connectivity index (χ1) is 11.9. The van der Waals surface area contributed by atoms with Crippen LogP contribution in [0.25, 0.3) is 0 Å². The fraction of sp³-hybridized carbons (Fsp3) is 0.389. The molecule has 2 rings (SSSR count). The average molecular weight is 344 g/mol. The van der Waals surface area contributed by atoms with Crippen LogP contribution in [0.1, 0.15) is 31.1 Å². The number of nitrogens with zero attached hydrogens (tertiary/aromatic N) is 2. The average Bonchev–Trinajstić information content (AvgIpc) is 2.97. The number of aromatic nitrogens is 2. The second-order valence-electron chi connectivity index (χ2n) is 6.02. The number of nitrogens with one attached hydrogen (secondary N) is 2. The van der Waals surface area contributed by atoms with Gasteiger partial charge in [-0.3, -0.25) is 14.3 Å². The lowest BCUT2D eigenvalue weighted by molar-refractivity contribution is -0.118. The smallest absolute Gasteiger partial charge is 0.251 e. The van der Waals surface area contributed by atoms with Crippen molar-refractivity contribution >= 4 is 17.6 Å². The van der Waals surface area contributed by atoms with E-state index in [2.05, 4.69) is 15.7 Å². The van der Waals surface area contributed by atoms with Crippen LogP contribution in [0.5, 0.6) is 5.75 Å². The Bertz CT molecular complexity index is 722. The van der Waals surface area contributed by atoms with Crippen molar-refractivity contribution in [1.29, 1.82) is 0 Å². The van der Waals surface area contributed by atoms with Crippen LogP contribution in [0.15, 0.2) is 36.5 Å². The Morgan fingerprint density at radius 3 is 2.40 bits per heavy atom. The molecule has 0 spiro atoms. The summed E-state index contributed by atoms with van der Waals surface area (Å²) in [6.45, 7) is 6.21. The van der Waals surface area contributed by atoms with Crippen molar-refractivity contribution < 1.29 is 14.3 Å². The Kier molecular flexibility index (Phi) is 6.16. The van der Waals surface area contributed by atoms with E-state index in [4.69, 9.17) is 4.74 Å². The van der Waals surface area contributed by atoms with Crippen molar-refractivity contribution in [1.82, 2.24) is 15.1 Å². The number of hydrogen-bond donors (Lipinski definition) is 2. The third-order valence-electron chi connectivity index (χ3n) is 3.63. The molecule has 1 heterocycles. The Hall–Kier alpha value is -2.83. The minimum atomic E-state index is -0.666. The lowest BCUT2D eigenvalue weighted by atomic mass is 10.0. The van der Waals surface area contributed by atoms with E-state index >= 15 is 0 Å². The lowest BCUT2D eigenvalue weighted by Gasteiger charge is -2.21. The SMILES string of the molecule is CCOc1ccc(C(=O)NC(C(=O)Nc2ccn(C)n2)C(C)C)cc1. The molecule has 0 aliphatic carbocycles. The number of rotatable bonds is 7. The highest BCUT2D eigenvalue weighted by Crippen LogP contribution is 2.13. The van der Waals surface area contributed by atoms with Crippen LogP contribution in [0.2, 0.25) is 0 Å². The zero-order valence-corrected chi connectivity index (χ0v) is 14.9. The van der Waals surface area contributed by atoms with Gasteiger partial charge in [-0.2, -0.15) is 5.10 Å². The minimum Gasteiger partial charge on any atom is -0.494 e. The number of anilines is 1. The third kappa shape index (κ3) is 5.07. The Morgan fingerprint density at radius 1 is 1.20 bits per heavy atom. The van der Waals surface area contributed by atoms with Crippen LogP contribution in [-0.4, -0.2) is 34.2 Å². The topological polar surface area (TPSA) is 85.2 Å². The zero-order chi connectivity index (χ0) is 18.4. The van der Waals surface area contributed by atoms with E-state index in [-0.39, 0.29) is 17.7 Å². The molecule has 0 aliphatic heterocycles. The molecule has 2 N–H and O–H groups in total. The van der Waals surface area contributed by atoms with Crippen LogP contribution in [0.3, 0.4) is 0 Å². The summed E-state index contributed by atoms with van der Waals surface area (Å²) in [5.41, 5.74) is 0.472. The molecule has 1 aromatic carbocycles. The minimum absolute atomic E-state index is 0.0737. The molecular weight excluding hydrogens is 320 g/mol. The first kappa shape index (κ1) is 18.5. The highest BCUT2D eigenvalue weighted by molar-refractivity contribution is 6.01. The maximum absolute atomic E-state index is 12.5. The Balaban J connectivity index is 2.04. The fourth-order valence-electron chi connectivity index (χ4n) is 2.31. The summed E-state index contributed by atoms with van der Waals surface area (Å²) in [6.07, 6.45) is 1.73. The molecule has 1 atom stereocenters. The Labute approximate surface area is 147 Å². The molecule has 2 aromatic rings. The standard InChI is InChI=1S/C18H24N4O3/c1-5-25-14-8-6-13(7-9-14)17(23)20-16(12(2)3)18(24)19-15-10-11-22(4)21-15/h6-12,16H,5H2,1-4H3,(H,20,23)(H,19,21,24). The Morgan fingerprint density at radius 2 is 1.88 bits per heavy atom. The van der Waals surface area contributed by atoms with Gasteiger partial charge in [-0.15, -0.1) is 0 Å². The third-order valence-corrected chi connectivity index (χ3v) is 3.63. The monoisotopic (exact) mass is 344 g/mol. The number of ether oxygens (including phenoxy) is 1. The summed E-state index contributed by atoms with van der Waals surface area (Å²) < 4.78 is 6.96. The molecule has 2 amide bonds. The van der Waals surface area contributed by atoms with Gasteiger partial charge in [0, 0.05) is 24.9 Å². The van der Waals surface area contributed by atoms with Crippen molar-refractivity contribution in [2.75, 3.05) is 11.9 Å². The van der Waals surface area contributed by atoms with Crippen molar-refractivity contribution in [3.05, 3.63) is 42.1 Å². The van der Waals surface area contributed by atoms with Crippen molar-refractivity contribution in [3.8, 4) is 5.75 Å². The molecule has 0 fully saturated rings. The first-order valence-electron chi connectivity index (χ1n) is 8.25. The predicted molar refractivity (Wildman–Crippen MR) is 95.5 cm³/mol. The first-order valence-corrected chi connectivity index (χ1v) is 8.25. The second-order valence-corrected chi connectivity index (χ2v) is 6.02. The van der Waals surface area contributed by atoms with E-state index in [1.807, 2.05) is 20.8 Å². The van der Waals surface area contributed by atoms with Gasteiger partial charge in [-0.25, -0.2) is 0 Å². The highest BCUT2D eigenvalue weighted by Gasteiger charge is 2.25. The highest BCUT2D eigenvalue weighted by atomic mass is 16.5. The van der Waals surface area contributed by atoms with Gasteiger partial charge in [-0.05, 0) is 37.1 Å². The van der Waals surface area contributed by atoms with E-state index in [1.165, 1.54) is 0 Å². The normalized spacial score (nSPS) is 11.9. The summed E-state index contributed by atoms with van der Waals surface area (Å²) in [5, 5.41) is 9.62. The molecule has 25 heavy (non-hydrogen) atoms. The zero-order valence-electron chi connectivity index (χ0n) is 14.9. The number of aryl methyl sites for hydroxylation is 1. The van der Waals surface area contributed by atoms with Crippen molar-refractivity contribution in [2.45, 2.75) is 26.8 Å².